The third-order valence-electron chi connectivity index (χ3n) is 8.85. The number of carboxylic acid groups (broad SMARTS) is 1. The van der Waals surface area contributed by atoms with E-state index in [0.29, 0.717) is 11.3 Å². The summed E-state index contributed by atoms with van der Waals surface area (Å²) >= 11 is 0. The average Bonchev–Trinajstić information content (AvgIpc) is 3.46. The fourth-order valence-electron chi connectivity index (χ4n) is 6.14. The molecule has 2 saturated carbocycles. The van der Waals surface area contributed by atoms with Crippen molar-refractivity contribution < 1.29 is 42.6 Å². The zero-order chi connectivity index (χ0) is 33.9. The smallest absolute Gasteiger partial charge is 0.408 e. The van der Waals surface area contributed by atoms with E-state index in [4.69, 9.17) is 9.57 Å². The molecule has 3 fully saturated rings. The molecule has 1 aromatic carbocycles. The zero-order valence-corrected chi connectivity index (χ0v) is 26.3. The van der Waals surface area contributed by atoms with E-state index in [2.05, 4.69) is 25.9 Å². The van der Waals surface area contributed by atoms with Crippen LogP contribution in [0.2, 0.25) is 0 Å². The number of hydrogen-bond donors (Lipinski definition) is 3. The van der Waals surface area contributed by atoms with Gasteiger partial charge in [-0.15, -0.1) is 0 Å². The van der Waals surface area contributed by atoms with Crippen LogP contribution in [0.25, 0.3) is 5.69 Å². The highest BCUT2D eigenvalue weighted by molar-refractivity contribution is 5.96. The van der Waals surface area contributed by atoms with Gasteiger partial charge in [0, 0.05) is 12.0 Å². The van der Waals surface area contributed by atoms with Gasteiger partial charge >= 0.3 is 12.1 Å². The van der Waals surface area contributed by atoms with Gasteiger partial charge in [-0.3, -0.25) is 9.59 Å². The van der Waals surface area contributed by atoms with E-state index in [1.807, 2.05) is 6.07 Å². The minimum Gasteiger partial charge on any atom is -0.479 e. The molecule has 1 unspecified atom stereocenters. The summed E-state index contributed by atoms with van der Waals surface area (Å²) in [5.74, 6) is -4.71. The van der Waals surface area contributed by atoms with E-state index < -0.39 is 71.8 Å². The van der Waals surface area contributed by atoms with E-state index >= 15 is 0 Å². The third-order valence-corrected chi connectivity index (χ3v) is 8.85. The molecule has 16 heteroatoms. The Morgan fingerprint density at radius 2 is 1.87 bits per heavy atom. The van der Waals surface area contributed by atoms with Crippen LogP contribution in [0.1, 0.15) is 64.9 Å². The number of nitrogens with zero attached hydrogens (tertiary/aromatic N) is 5. The first kappa shape index (κ1) is 33.7. The number of amides is 3. The number of carbonyl (C=O) groups is 4. The Morgan fingerprint density at radius 1 is 1.15 bits per heavy atom. The summed E-state index contributed by atoms with van der Waals surface area (Å²) in [6.45, 7) is 5.05. The Balaban J connectivity index is 1.36. The van der Waals surface area contributed by atoms with Crippen molar-refractivity contribution in [3.63, 3.8) is 0 Å². The molecule has 14 nitrogen and oxygen atoms in total. The quantitative estimate of drug-likeness (QED) is 0.242. The van der Waals surface area contributed by atoms with Gasteiger partial charge in [0.05, 0.1) is 24.4 Å². The van der Waals surface area contributed by atoms with Gasteiger partial charge in [-0.2, -0.15) is 5.10 Å². The number of alkyl carbamates (subject to hydrolysis) is 1. The van der Waals surface area contributed by atoms with Crippen LogP contribution in [0.4, 0.5) is 13.6 Å². The maximum Gasteiger partial charge on any atom is 0.408 e. The SMILES string of the molecule is CC(C)(C)[C@H](NC(=O)OC1CCCC1)C(=O)N1C[C@H](O/N=C/c2ccccc2-n2cncn2)CC1C(=O)N[C@@]1(C(=O)O)C[C@H]1C(F)F. The molecule has 0 bridgehead atoms. The van der Waals surface area contributed by atoms with Crippen LogP contribution in [0.15, 0.2) is 42.1 Å². The number of alkyl halides is 2. The van der Waals surface area contributed by atoms with Gasteiger partial charge in [-0.25, -0.2) is 28.0 Å². The van der Waals surface area contributed by atoms with Crippen LogP contribution in [-0.2, 0) is 24.0 Å². The molecule has 3 N–H and O–H groups in total. The van der Waals surface area contributed by atoms with Crippen LogP contribution in [0.3, 0.4) is 0 Å². The second kappa shape index (κ2) is 13.6. The molecule has 3 amide bonds. The zero-order valence-electron chi connectivity index (χ0n) is 26.3. The van der Waals surface area contributed by atoms with Crippen LogP contribution in [0.5, 0.6) is 0 Å². The van der Waals surface area contributed by atoms with Gasteiger partial charge in [0.2, 0.25) is 18.2 Å². The summed E-state index contributed by atoms with van der Waals surface area (Å²) in [4.78, 5) is 63.4. The van der Waals surface area contributed by atoms with E-state index in [-0.39, 0.29) is 19.1 Å². The van der Waals surface area contributed by atoms with Gasteiger partial charge in [0.25, 0.3) is 0 Å². The first-order valence-corrected chi connectivity index (χ1v) is 15.5. The van der Waals surface area contributed by atoms with Crippen molar-refractivity contribution in [2.45, 2.75) is 95.6 Å². The monoisotopic (exact) mass is 659 g/mol. The number of para-hydroxylation sites is 1. The van der Waals surface area contributed by atoms with Crippen molar-refractivity contribution in [3.8, 4) is 5.69 Å². The number of aromatic nitrogens is 3. The standard InChI is InChI=1S/C31H39F2N7O7/c1-30(2,3)24(37-29(45)46-19-9-5-6-10-19)27(42)39-15-20(12-23(39)26(41)38-31(28(43)44)13-21(31)25(32)33)47-36-14-18-8-4-7-11-22(18)40-17-34-16-35-40/h4,7-8,11,14,16-17,19-21,23-25H,5-6,9-10,12-13,15H2,1-3H3,(H,37,45)(H,38,41)(H,43,44)/b36-14+/t20-,21+,23?,24-,31+/m1/s1. The topological polar surface area (TPSA) is 177 Å². The predicted octanol–water partition coefficient (Wildman–Crippen LogP) is 2.90. The van der Waals surface area contributed by atoms with Gasteiger partial charge in [0.1, 0.15) is 42.5 Å². The Labute approximate surface area is 269 Å². The molecule has 2 aromatic rings. The van der Waals surface area contributed by atoms with Crippen molar-refractivity contribution >= 4 is 30.1 Å². The number of halogens is 2. The van der Waals surface area contributed by atoms with Crippen molar-refractivity contribution in [1.82, 2.24) is 30.3 Å². The van der Waals surface area contributed by atoms with E-state index in [0.717, 1.165) is 25.7 Å². The fourth-order valence-corrected chi connectivity index (χ4v) is 6.14. The van der Waals surface area contributed by atoms with Gasteiger partial charge in [0.15, 0.2) is 0 Å². The van der Waals surface area contributed by atoms with E-state index in [1.165, 1.54) is 28.5 Å². The molecule has 5 rings (SSSR count). The lowest BCUT2D eigenvalue weighted by Crippen LogP contribution is -2.59. The molecule has 2 aliphatic carbocycles. The molecular weight excluding hydrogens is 620 g/mol. The molecule has 0 spiro atoms. The lowest BCUT2D eigenvalue weighted by Gasteiger charge is -2.35. The number of oxime groups is 1. The summed E-state index contributed by atoms with van der Waals surface area (Å²) in [5.41, 5.74) is -1.69. The Hall–Kier alpha value is -4.63. The van der Waals surface area contributed by atoms with E-state index in [9.17, 15) is 33.1 Å². The maximum absolute atomic E-state index is 14.1. The van der Waals surface area contributed by atoms with Crippen LogP contribution in [0, 0.1) is 11.3 Å². The lowest BCUT2D eigenvalue weighted by atomic mass is 9.85. The number of likely N-dealkylation sites (tertiary alicyclic amines) is 1. The van der Waals surface area contributed by atoms with Gasteiger partial charge in [-0.1, -0.05) is 44.1 Å². The summed E-state index contributed by atoms with van der Waals surface area (Å²) in [5, 5.41) is 22.9. The number of hydrogen-bond acceptors (Lipinski definition) is 9. The first-order chi connectivity index (χ1) is 22.3. The highest BCUT2D eigenvalue weighted by atomic mass is 19.3. The van der Waals surface area contributed by atoms with Gasteiger partial charge in [-0.05, 0) is 43.6 Å². The Bertz CT molecular complexity index is 1490. The number of aliphatic carboxylic acids is 1. The molecule has 5 atom stereocenters. The summed E-state index contributed by atoms with van der Waals surface area (Å²) < 4.78 is 34.1. The number of benzene rings is 1. The van der Waals surface area contributed by atoms with Crippen LogP contribution >= 0.6 is 0 Å². The van der Waals surface area contributed by atoms with E-state index in [1.54, 1.807) is 39.0 Å². The summed E-state index contributed by atoms with van der Waals surface area (Å²) in [6.07, 6.45) is 2.29. The number of carbonyl (C=O) groups excluding carboxylic acids is 3. The number of carboxylic acids is 1. The minimum absolute atomic E-state index is 0.113. The minimum atomic E-state index is -2.96. The predicted molar refractivity (Wildman–Crippen MR) is 162 cm³/mol. The Kier molecular flexibility index (Phi) is 9.77. The van der Waals surface area contributed by atoms with Crippen molar-refractivity contribution in [1.29, 1.82) is 0 Å². The van der Waals surface area contributed by atoms with Crippen molar-refractivity contribution in [3.05, 3.63) is 42.5 Å². The maximum atomic E-state index is 14.1. The molecule has 3 aliphatic rings. The average molecular weight is 660 g/mol. The van der Waals surface area contributed by atoms with Crippen LogP contribution < -0.4 is 10.6 Å². The molecule has 1 aromatic heterocycles. The summed E-state index contributed by atoms with van der Waals surface area (Å²) in [7, 11) is 0. The molecule has 254 valence electrons. The molecule has 1 aliphatic heterocycles. The molecule has 1 saturated heterocycles. The van der Waals surface area contributed by atoms with Crippen LogP contribution in [-0.4, -0.2) is 97.7 Å². The number of ether oxygens (including phenoxy) is 1. The molecule has 47 heavy (non-hydrogen) atoms. The Morgan fingerprint density at radius 3 is 2.49 bits per heavy atom. The second-order valence-corrected chi connectivity index (χ2v) is 13.3. The highest BCUT2D eigenvalue weighted by Crippen LogP contribution is 2.48. The third kappa shape index (κ3) is 7.52. The second-order valence-electron chi connectivity index (χ2n) is 13.3. The fraction of sp³-hybridized carbons (Fsp3) is 0.581. The number of rotatable bonds is 11. The van der Waals surface area contributed by atoms with Crippen molar-refractivity contribution in [2.75, 3.05) is 6.54 Å². The largest absolute Gasteiger partial charge is 0.479 e. The molecule has 0 radical (unpaired) electrons. The molecule has 2 heterocycles. The van der Waals surface area contributed by atoms with Crippen molar-refractivity contribution in [2.24, 2.45) is 16.5 Å². The normalized spacial score (nSPS) is 25.1. The first-order valence-electron chi connectivity index (χ1n) is 15.5. The molecular formula is C31H39F2N7O7. The van der Waals surface area contributed by atoms with Gasteiger partial charge < -0.3 is 30.2 Å². The summed E-state index contributed by atoms with van der Waals surface area (Å²) in [6, 6.07) is 4.73. The number of nitrogens with one attached hydrogen (secondary N) is 2. The lowest BCUT2D eigenvalue weighted by molar-refractivity contribution is -0.147. The highest BCUT2D eigenvalue weighted by Gasteiger charge is 2.66.